The average Bonchev–Trinajstić information content (AvgIpc) is 3.32. The minimum atomic E-state index is -0.696. The lowest BCUT2D eigenvalue weighted by atomic mass is 10.0. The van der Waals surface area contributed by atoms with Crippen molar-refractivity contribution in [1.29, 1.82) is 0 Å². The van der Waals surface area contributed by atoms with E-state index in [1.807, 2.05) is 0 Å². The van der Waals surface area contributed by atoms with Gasteiger partial charge in [-0.3, -0.25) is 9.59 Å². The Balaban J connectivity index is 3.51. The minimum absolute atomic E-state index is 0.0376. The maximum atomic E-state index is 12.5. The number of carbonyl (C=O) groups excluding carboxylic acids is 2. The molecule has 0 saturated heterocycles. The summed E-state index contributed by atoms with van der Waals surface area (Å²) in [6, 6.07) is -0.580. The third-order valence-electron chi connectivity index (χ3n) is 13.7. The molecule has 2 unspecified atom stereocenters. The second-order valence-corrected chi connectivity index (χ2v) is 20.3. The molecule has 0 aliphatic carbocycles. The Morgan fingerprint density at radius 1 is 0.409 bits per heavy atom. The topological polar surface area (TPSA) is 95.9 Å². The van der Waals surface area contributed by atoms with Gasteiger partial charge in [0.1, 0.15) is 0 Å². The number of ether oxygens (including phenoxy) is 1. The number of esters is 1. The van der Waals surface area contributed by atoms with Gasteiger partial charge in [-0.2, -0.15) is 0 Å². The summed E-state index contributed by atoms with van der Waals surface area (Å²) >= 11 is 0. The number of aliphatic hydroxyl groups is 2. The molecule has 0 bridgehead atoms. The molecule has 390 valence electrons. The molecule has 0 aromatic carbocycles. The van der Waals surface area contributed by atoms with E-state index in [1.54, 1.807) is 0 Å². The van der Waals surface area contributed by atoms with Crippen LogP contribution in [0.4, 0.5) is 0 Å². The number of nitrogens with one attached hydrogen (secondary N) is 1. The summed E-state index contributed by atoms with van der Waals surface area (Å²) in [5.41, 5.74) is 0. The molecule has 0 saturated carbocycles. The van der Waals surface area contributed by atoms with Crippen LogP contribution in [0.3, 0.4) is 0 Å². The lowest BCUT2D eigenvalue weighted by Crippen LogP contribution is -2.45. The SMILES string of the molecule is CCCCCCCCC/C=C\CCCCCCCCCC(=O)OCCCCCC/C=C\CCCC(=O)NC(CO)C(O)CCCCCCCCCCCCCCCCCCCCCCCC. The highest BCUT2D eigenvalue weighted by Gasteiger charge is 2.20. The van der Waals surface area contributed by atoms with Gasteiger partial charge in [0.05, 0.1) is 25.4 Å². The van der Waals surface area contributed by atoms with Gasteiger partial charge < -0.3 is 20.3 Å². The van der Waals surface area contributed by atoms with Crippen molar-refractivity contribution < 1.29 is 24.5 Å². The van der Waals surface area contributed by atoms with Gasteiger partial charge in [-0.1, -0.05) is 263 Å². The van der Waals surface area contributed by atoms with Crippen molar-refractivity contribution >= 4 is 11.9 Å². The van der Waals surface area contributed by atoms with Crippen molar-refractivity contribution in [2.24, 2.45) is 0 Å². The summed E-state index contributed by atoms with van der Waals surface area (Å²) in [6.07, 6.45) is 67.5. The lowest BCUT2D eigenvalue weighted by Gasteiger charge is -2.22. The van der Waals surface area contributed by atoms with Crippen LogP contribution in [0, 0.1) is 0 Å². The first-order chi connectivity index (χ1) is 32.5. The van der Waals surface area contributed by atoms with Gasteiger partial charge in [0, 0.05) is 12.8 Å². The van der Waals surface area contributed by atoms with Crippen LogP contribution in [-0.2, 0) is 14.3 Å². The van der Waals surface area contributed by atoms with Crippen LogP contribution < -0.4 is 5.32 Å². The molecule has 66 heavy (non-hydrogen) atoms. The third-order valence-corrected chi connectivity index (χ3v) is 13.7. The highest BCUT2D eigenvalue weighted by molar-refractivity contribution is 5.76. The molecule has 0 aliphatic heterocycles. The number of rotatable bonds is 55. The molecular weight excluding hydrogens is 815 g/mol. The predicted octanol–water partition coefficient (Wildman–Crippen LogP) is 18.2. The molecule has 3 N–H and O–H groups in total. The van der Waals surface area contributed by atoms with Gasteiger partial charge in [0.2, 0.25) is 5.91 Å². The summed E-state index contributed by atoms with van der Waals surface area (Å²) < 4.78 is 5.46. The third kappa shape index (κ3) is 51.7. The molecule has 0 radical (unpaired) electrons. The lowest BCUT2D eigenvalue weighted by molar-refractivity contribution is -0.143. The van der Waals surface area contributed by atoms with Crippen molar-refractivity contribution in [3.63, 3.8) is 0 Å². The number of allylic oxidation sites excluding steroid dienone is 4. The smallest absolute Gasteiger partial charge is 0.305 e. The zero-order chi connectivity index (χ0) is 47.9. The maximum absolute atomic E-state index is 12.5. The van der Waals surface area contributed by atoms with Crippen molar-refractivity contribution in [2.45, 2.75) is 334 Å². The standard InChI is InChI=1S/C60H115NO5/c1-3-5-7-9-11-13-15-17-19-21-23-24-25-26-27-29-31-33-36-40-44-48-52-58(63)57(56-62)61-59(64)53-49-45-41-37-35-39-43-47-51-55-66-60(65)54-50-46-42-38-34-32-30-28-22-20-18-16-14-12-10-8-6-4-2/h20,22,37,41,57-58,62-63H,3-19,21,23-36,38-40,42-56H2,1-2H3,(H,61,64)/b22-20-,41-37-. The Morgan fingerprint density at radius 3 is 1.11 bits per heavy atom. The Kier molecular flexibility index (Phi) is 54.5. The van der Waals surface area contributed by atoms with Crippen LogP contribution in [-0.4, -0.2) is 47.4 Å². The number of aliphatic hydroxyl groups excluding tert-OH is 2. The van der Waals surface area contributed by atoms with Crippen LogP contribution in [0.2, 0.25) is 0 Å². The fourth-order valence-corrected chi connectivity index (χ4v) is 9.17. The van der Waals surface area contributed by atoms with Crippen molar-refractivity contribution in [1.82, 2.24) is 5.32 Å². The molecule has 0 rings (SSSR count). The van der Waals surface area contributed by atoms with Crippen LogP contribution in [0.15, 0.2) is 24.3 Å². The van der Waals surface area contributed by atoms with Crippen molar-refractivity contribution in [3.05, 3.63) is 24.3 Å². The zero-order valence-corrected chi connectivity index (χ0v) is 44.4. The van der Waals surface area contributed by atoms with E-state index in [0.717, 1.165) is 70.6 Å². The van der Waals surface area contributed by atoms with Crippen LogP contribution >= 0.6 is 0 Å². The Bertz CT molecular complexity index is 1030. The van der Waals surface area contributed by atoms with Gasteiger partial charge >= 0.3 is 5.97 Å². The second-order valence-electron chi connectivity index (χ2n) is 20.3. The molecule has 0 aliphatic rings. The number of carbonyl (C=O) groups is 2. The largest absolute Gasteiger partial charge is 0.466 e. The molecule has 2 atom stereocenters. The Morgan fingerprint density at radius 2 is 0.727 bits per heavy atom. The fourth-order valence-electron chi connectivity index (χ4n) is 9.17. The van der Waals surface area contributed by atoms with Gasteiger partial charge in [0.25, 0.3) is 0 Å². The first-order valence-corrected chi connectivity index (χ1v) is 29.6. The highest BCUT2D eigenvalue weighted by Crippen LogP contribution is 2.17. The van der Waals surface area contributed by atoms with E-state index in [-0.39, 0.29) is 18.5 Å². The fraction of sp³-hybridized carbons (Fsp3) is 0.900. The molecular formula is C60H115NO5. The molecule has 0 fully saturated rings. The second kappa shape index (κ2) is 55.9. The number of hydrogen-bond acceptors (Lipinski definition) is 5. The summed E-state index contributed by atoms with van der Waals surface area (Å²) in [7, 11) is 0. The zero-order valence-electron chi connectivity index (χ0n) is 44.4. The molecule has 0 heterocycles. The highest BCUT2D eigenvalue weighted by atomic mass is 16.5. The van der Waals surface area contributed by atoms with E-state index in [0.29, 0.717) is 25.9 Å². The summed E-state index contributed by atoms with van der Waals surface area (Å²) in [5.74, 6) is -0.130. The van der Waals surface area contributed by atoms with Crippen LogP contribution in [0.5, 0.6) is 0 Å². The van der Waals surface area contributed by atoms with Crippen LogP contribution in [0.1, 0.15) is 322 Å². The Hall–Kier alpha value is -1.66. The van der Waals surface area contributed by atoms with E-state index in [2.05, 4.69) is 43.5 Å². The molecule has 0 aromatic heterocycles. The average molecular weight is 931 g/mol. The summed E-state index contributed by atoms with van der Waals surface area (Å²) in [4.78, 5) is 24.6. The summed E-state index contributed by atoms with van der Waals surface area (Å²) in [5, 5.41) is 23.3. The van der Waals surface area contributed by atoms with E-state index in [1.165, 1.54) is 218 Å². The van der Waals surface area contributed by atoms with Crippen molar-refractivity contribution in [2.75, 3.05) is 13.2 Å². The number of hydrogen-bond donors (Lipinski definition) is 3. The Labute approximate surface area is 411 Å². The quantitative estimate of drug-likeness (QED) is 0.0321. The molecule has 6 heteroatoms. The van der Waals surface area contributed by atoms with Gasteiger partial charge in [-0.15, -0.1) is 0 Å². The minimum Gasteiger partial charge on any atom is -0.466 e. The van der Waals surface area contributed by atoms with Crippen molar-refractivity contribution in [3.8, 4) is 0 Å². The first-order valence-electron chi connectivity index (χ1n) is 29.6. The normalized spacial score (nSPS) is 12.7. The molecule has 0 spiro atoms. The predicted molar refractivity (Wildman–Crippen MR) is 287 cm³/mol. The molecule has 6 nitrogen and oxygen atoms in total. The monoisotopic (exact) mass is 930 g/mol. The van der Waals surface area contributed by atoms with E-state index >= 15 is 0 Å². The van der Waals surface area contributed by atoms with E-state index < -0.39 is 12.1 Å². The maximum Gasteiger partial charge on any atom is 0.305 e. The van der Waals surface area contributed by atoms with Gasteiger partial charge in [-0.25, -0.2) is 0 Å². The number of amides is 1. The van der Waals surface area contributed by atoms with E-state index in [4.69, 9.17) is 4.74 Å². The summed E-state index contributed by atoms with van der Waals surface area (Å²) in [6.45, 7) is 4.88. The van der Waals surface area contributed by atoms with Crippen LogP contribution in [0.25, 0.3) is 0 Å². The first kappa shape index (κ1) is 64.3. The molecule has 0 aromatic rings. The van der Waals surface area contributed by atoms with Gasteiger partial charge in [-0.05, 0) is 70.6 Å². The number of unbranched alkanes of at least 4 members (excludes halogenated alkanes) is 40. The van der Waals surface area contributed by atoms with Gasteiger partial charge in [0.15, 0.2) is 0 Å². The molecule has 1 amide bonds. The van der Waals surface area contributed by atoms with E-state index in [9.17, 15) is 19.8 Å².